The van der Waals surface area contributed by atoms with Gasteiger partial charge >= 0.3 is 0 Å². The van der Waals surface area contributed by atoms with Crippen LogP contribution in [0.5, 0.6) is 17.2 Å². The van der Waals surface area contributed by atoms with Gasteiger partial charge in [0.25, 0.3) is 11.1 Å². The van der Waals surface area contributed by atoms with Crippen LogP contribution in [0.2, 0.25) is 0 Å². The van der Waals surface area contributed by atoms with E-state index >= 15 is 0 Å². The Kier molecular flexibility index (Phi) is 7.25. The Morgan fingerprint density at radius 1 is 1.03 bits per heavy atom. The van der Waals surface area contributed by atoms with E-state index in [0.717, 1.165) is 33.8 Å². The molecule has 0 aliphatic carbocycles. The molecule has 0 N–H and O–H groups in total. The molecule has 6 nitrogen and oxygen atoms in total. The lowest BCUT2D eigenvalue weighted by atomic mass is 10.1. The van der Waals surface area contributed by atoms with Crippen molar-refractivity contribution in [1.82, 2.24) is 4.90 Å². The molecule has 33 heavy (non-hydrogen) atoms. The summed E-state index contributed by atoms with van der Waals surface area (Å²) in [5.41, 5.74) is 0.722. The van der Waals surface area contributed by atoms with Crippen molar-refractivity contribution < 1.29 is 23.8 Å². The molecule has 4 rings (SSSR count). The number of thioether (sulfide) groups is 1. The van der Waals surface area contributed by atoms with E-state index < -0.39 is 0 Å². The van der Waals surface area contributed by atoms with Gasteiger partial charge in [0.1, 0.15) is 12.4 Å². The molecule has 170 valence electrons. The summed E-state index contributed by atoms with van der Waals surface area (Å²) in [6.07, 6.45) is 1.68. The molecule has 0 aromatic heterocycles. The highest BCUT2D eigenvalue weighted by atomic mass is 79.9. The number of carbonyl (C=O) groups excluding carboxylic acids is 2. The van der Waals surface area contributed by atoms with E-state index in [1.165, 1.54) is 4.90 Å². The summed E-state index contributed by atoms with van der Waals surface area (Å²) < 4.78 is 17.6. The number of hydrogen-bond donors (Lipinski definition) is 0. The lowest BCUT2D eigenvalue weighted by molar-refractivity contribution is -0.123. The average molecular weight is 528 g/mol. The molecule has 1 aliphatic heterocycles. The maximum atomic E-state index is 12.9. The second-order valence-electron chi connectivity index (χ2n) is 7.13. The summed E-state index contributed by atoms with van der Waals surface area (Å²) in [6.45, 7) is 2.76. The van der Waals surface area contributed by atoms with Crippen LogP contribution in [0.15, 0.2) is 64.0 Å². The molecule has 0 bridgehead atoms. The lowest BCUT2D eigenvalue weighted by Gasteiger charge is -2.14. The average Bonchev–Trinajstić information content (AvgIpc) is 3.08. The predicted octanol–water partition coefficient (Wildman–Crippen LogP) is 6.12. The number of rotatable bonds is 8. The van der Waals surface area contributed by atoms with Crippen molar-refractivity contribution in [3.63, 3.8) is 0 Å². The van der Waals surface area contributed by atoms with Crippen molar-refractivity contribution in [2.24, 2.45) is 0 Å². The predicted molar refractivity (Wildman–Crippen MR) is 134 cm³/mol. The largest absolute Gasteiger partial charge is 0.493 e. The number of hydrogen-bond acceptors (Lipinski definition) is 6. The molecule has 3 aromatic rings. The highest BCUT2D eigenvalue weighted by Crippen LogP contribution is 2.39. The summed E-state index contributed by atoms with van der Waals surface area (Å²) in [4.78, 5) is 26.9. The van der Waals surface area contributed by atoms with E-state index in [4.69, 9.17) is 14.2 Å². The van der Waals surface area contributed by atoms with Crippen molar-refractivity contribution in [2.45, 2.75) is 6.92 Å². The Morgan fingerprint density at radius 3 is 2.61 bits per heavy atom. The second-order valence-corrected chi connectivity index (χ2v) is 8.97. The Bertz CT molecular complexity index is 1240. The zero-order valence-corrected chi connectivity index (χ0v) is 20.6. The molecule has 0 radical (unpaired) electrons. The van der Waals surface area contributed by atoms with E-state index in [1.807, 2.05) is 55.5 Å². The third-order valence-electron chi connectivity index (χ3n) is 5.03. The van der Waals surface area contributed by atoms with E-state index in [9.17, 15) is 9.59 Å². The third kappa shape index (κ3) is 5.02. The number of methoxy groups -OCH3 is 1. The quantitative estimate of drug-likeness (QED) is 0.328. The summed E-state index contributed by atoms with van der Waals surface area (Å²) in [7, 11) is 1.55. The Morgan fingerprint density at radius 2 is 1.82 bits per heavy atom. The Balaban J connectivity index is 1.46. The van der Waals surface area contributed by atoms with Gasteiger partial charge in [-0.15, -0.1) is 0 Å². The van der Waals surface area contributed by atoms with Crippen LogP contribution in [0.1, 0.15) is 12.5 Å². The zero-order valence-electron chi connectivity index (χ0n) is 18.2. The fourth-order valence-electron chi connectivity index (χ4n) is 3.52. The normalized spacial score (nSPS) is 14.9. The second kappa shape index (κ2) is 10.3. The van der Waals surface area contributed by atoms with Gasteiger partial charge < -0.3 is 14.2 Å². The summed E-state index contributed by atoms with van der Waals surface area (Å²) in [6, 6.07) is 17.3. The fourth-order valence-corrected chi connectivity index (χ4v) is 4.96. The highest BCUT2D eigenvalue weighted by Gasteiger charge is 2.35. The number of benzene rings is 3. The van der Waals surface area contributed by atoms with E-state index in [2.05, 4.69) is 15.9 Å². The number of nitrogens with zero attached hydrogens (tertiary/aromatic N) is 1. The molecule has 1 fully saturated rings. The number of amides is 2. The smallest absolute Gasteiger partial charge is 0.293 e. The highest BCUT2D eigenvalue weighted by molar-refractivity contribution is 9.10. The monoisotopic (exact) mass is 527 g/mol. The maximum absolute atomic E-state index is 12.9. The zero-order chi connectivity index (χ0) is 23.4. The van der Waals surface area contributed by atoms with Gasteiger partial charge in [-0.05, 0) is 69.8 Å². The van der Waals surface area contributed by atoms with Crippen molar-refractivity contribution in [2.75, 3.05) is 26.9 Å². The molecule has 0 saturated carbocycles. The van der Waals surface area contributed by atoms with E-state index in [-0.39, 0.29) is 24.3 Å². The molecular weight excluding hydrogens is 506 g/mol. The number of imide groups is 1. The van der Waals surface area contributed by atoms with Gasteiger partial charge in [0.2, 0.25) is 0 Å². The van der Waals surface area contributed by atoms with Crippen LogP contribution in [-0.2, 0) is 4.79 Å². The van der Waals surface area contributed by atoms with E-state index in [0.29, 0.717) is 27.5 Å². The van der Waals surface area contributed by atoms with Crippen molar-refractivity contribution in [1.29, 1.82) is 0 Å². The first-order chi connectivity index (χ1) is 16.0. The topological polar surface area (TPSA) is 65.1 Å². The van der Waals surface area contributed by atoms with Crippen LogP contribution in [0.4, 0.5) is 4.79 Å². The fraction of sp³-hybridized carbons (Fsp3) is 0.200. The summed E-state index contributed by atoms with van der Waals surface area (Å²) in [5, 5.41) is 1.75. The van der Waals surface area contributed by atoms with Gasteiger partial charge in [0, 0.05) is 5.39 Å². The van der Waals surface area contributed by atoms with Gasteiger partial charge in [-0.1, -0.05) is 36.4 Å². The molecule has 0 spiro atoms. The molecule has 8 heteroatoms. The first kappa shape index (κ1) is 23.2. The first-order valence-electron chi connectivity index (χ1n) is 10.4. The molecule has 1 heterocycles. The number of carbonyl (C=O) groups is 2. The minimum Gasteiger partial charge on any atom is -0.493 e. The van der Waals surface area contributed by atoms with Crippen LogP contribution in [0.3, 0.4) is 0 Å². The maximum Gasteiger partial charge on any atom is 0.293 e. The van der Waals surface area contributed by atoms with Crippen molar-refractivity contribution in [3.05, 3.63) is 69.5 Å². The third-order valence-corrected chi connectivity index (χ3v) is 6.53. The van der Waals surface area contributed by atoms with Crippen LogP contribution in [0, 0.1) is 0 Å². The molecule has 2 amide bonds. The van der Waals surface area contributed by atoms with E-state index in [1.54, 1.807) is 19.3 Å². The molecule has 3 aromatic carbocycles. The number of fused-ring (bicyclic) bond motifs is 1. The summed E-state index contributed by atoms with van der Waals surface area (Å²) in [5.74, 6) is 1.52. The standard InChI is InChI=1S/C25H22BrNO5S/c1-3-31-23-19(26)13-16(14-21(23)30-2)15-22-24(28)27(25(29)33-22)11-12-32-20-10-6-8-17-7-4-5-9-18(17)20/h4-10,13-15H,3,11-12H2,1-2H3/b22-15-. The van der Waals surface area contributed by atoms with Gasteiger partial charge in [-0.2, -0.15) is 0 Å². The molecular formula is C25H22BrNO5S. The van der Waals surface area contributed by atoms with Crippen molar-refractivity contribution >= 4 is 55.7 Å². The Labute approximate surface area is 204 Å². The Hall–Kier alpha value is -2.97. The minimum absolute atomic E-state index is 0.168. The molecule has 1 saturated heterocycles. The van der Waals surface area contributed by atoms with Crippen molar-refractivity contribution in [3.8, 4) is 17.2 Å². The SMILES string of the molecule is CCOc1c(Br)cc(/C=C2\SC(=O)N(CCOc3cccc4ccccc34)C2=O)cc1OC. The summed E-state index contributed by atoms with van der Waals surface area (Å²) >= 11 is 4.40. The number of halogens is 1. The number of ether oxygens (including phenoxy) is 3. The van der Waals surface area contributed by atoms with Crippen LogP contribution >= 0.6 is 27.7 Å². The van der Waals surface area contributed by atoms with Gasteiger partial charge in [0.05, 0.1) is 29.6 Å². The van der Waals surface area contributed by atoms with Gasteiger partial charge in [0.15, 0.2) is 11.5 Å². The lowest BCUT2D eigenvalue weighted by Crippen LogP contribution is -2.32. The van der Waals surface area contributed by atoms with Crippen LogP contribution < -0.4 is 14.2 Å². The van der Waals surface area contributed by atoms with Gasteiger partial charge in [-0.25, -0.2) is 0 Å². The first-order valence-corrected chi connectivity index (χ1v) is 12.0. The molecule has 0 atom stereocenters. The molecule has 0 unspecified atom stereocenters. The van der Waals surface area contributed by atoms with Crippen LogP contribution in [0.25, 0.3) is 16.8 Å². The minimum atomic E-state index is -0.338. The molecule has 1 aliphatic rings. The van der Waals surface area contributed by atoms with Gasteiger partial charge in [-0.3, -0.25) is 14.5 Å². The van der Waals surface area contributed by atoms with Crippen LogP contribution in [-0.4, -0.2) is 42.9 Å².